The molecule has 3 nitrogen and oxygen atoms in total. The van der Waals surface area contributed by atoms with Crippen molar-refractivity contribution in [2.75, 3.05) is 0 Å². The fraction of sp³-hybridized carbons (Fsp3) is 0.765. The van der Waals surface area contributed by atoms with E-state index >= 15 is 0 Å². The van der Waals surface area contributed by atoms with Crippen LogP contribution < -0.4 is 5.73 Å². The second-order valence-corrected chi connectivity index (χ2v) is 7.07. The van der Waals surface area contributed by atoms with Gasteiger partial charge in [-0.15, -0.1) is 0 Å². The van der Waals surface area contributed by atoms with Gasteiger partial charge in [-0.25, -0.2) is 0 Å². The Hall–Kier alpha value is -1.12. The van der Waals surface area contributed by atoms with Crippen molar-refractivity contribution in [1.82, 2.24) is 0 Å². The topological polar surface area (TPSA) is 60.2 Å². The van der Waals surface area contributed by atoms with Crippen molar-refractivity contribution in [3.63, 3.8) is 0 Å². The lowest BCUT2D eigenvalue weighted by Crippen LogP contribution is -2.40. The fourth-order valence-electron chi connectivity index (χ4n) is 2.86. The van der Waals surface area contributed by atoms with Gasteiger partial charge in [-0.3, -0.25) is 9.59 Å². The molecule has 2 atom stereocenters. The maximum Gasteiger partial charge on any atom is 0.221 e. The first-order valence-electron chi connectivity index (χ1n) is 7.72. The van der Waals surface area contributed by atoms with Gasteiger partial charge in [0, 0.05) is 11.3 Å². The Morgan fingerprint density at radius 3 is 2.20 bits per heavy atom. The van der Waals surface area contributed by atoms with E-state index < -0.39 is 5.41 Å². The quantitative estimate of drug-likeness (QED) is 0.725. The summed E-state index contributed by atoms with van der Waals surface area (Å²) in [5.74, 6) is -0.158. The van der Waals surface area contributed by atoms with Crippen LogP contribution >= 0.6 is 0 Å². The summed E-state index contributed by atoms with van der Waals surface area (Å²) in [5, 5.41) is 0. The van der Waals surface area contributed by atoms with E-state index in [1.165, 1.54) is 19.3 Å². The normalized spacial score (nSPS) is 19.6. The van der Waals surface area contributed by atoms with Gasteiger partial charge in [0.05, 0.1) is 5.92 Å². The van der Waals surface area contributed by atoms with Gasteiger partial charge in [0.1, 0.15) is 5.78 Å². The number of carbonyl (C=O) groups is 2. The molecule has 0 heterocycles. The number of amides is 1. The van der Waals surface area contributed by atoms with Crippen molar-refractivity contribution in [1.29, 1.82) is 0 Å². The summed E-state index contributed by atoms with van der Waals surface area (Å²) in [6, 6.07) is 0. The third-order valence-electron chi connectivity index (χ3n) is 4.36. The average molecular weight is 279 g/mol. The van der Waals surface area contributed by atoms with E-state index in [1.807, 2.05) is 39.8 Å². The van der Waals surface area contributed by atoms with E-state index in [2.05, 4.69) is 0 Å². The number of hydrogen-bond donors (Lipinski definition) is 1. The van der Waals surface area contributed by atoms with E-state index in [-0.39, 0.29) is 23.5 Å². The molecule has 20 heavy (non-hydrogen) atoms. The summed E-state index contributed by atoms with van der Waals surface area (Å²) in [4.78, 5) is 24.5. The Morgan fingerprint density at radius 1 is 1.25 bits per heavy atom. The second kappa shape index (κ2) is 7.05. The number of hydrogen-bond acceptors (Lipinski definition) is 2. The Bertz CT molecular complexity index is 375. The lowest BCUT2D eigenvalue weighted by atomic mass is 9.68. The van der Waals surface area contributed by atoms with Gasteiger partial charge >= 0.3 is 0 Å². The van der Waals surface area contributed by atoms with Gasteiger partial charge in [-0.1, -0.05) is 52.2 Å². The van der Waals surface area contributed by atoms with Gasteiger partial charge in [0.15, 0.2) is 0 Å². The summed E-state index contributed by atoms with van der Waals surface area (Å²) >= 11 is 0. The van der Waals surface area contributed by atoms with Crippen LogP contribution in [0.15, 0.2) is 12.2 Å². The fourth-order valence-corrected chi connectivity index (χ4v) is 2.86. The number of ketones is 1. The zero-order valence-electron chi connectivity index (χ0n) is 13.3. The molecule has 0 unspecified atom stereocenters. The minimum Gasteiger partial charge on any atom is -0.369 e. The minimum absolute atomic E-state index is 0.178. The van der Waals surface area contributed by atoms with Gasteiger partial charge in [-0.2, -0.15) is 0 Å². The van der Waals surface area contributed by atoms with Crippen molar-refractivity contribution in [3.8, 4) is 0 Å². The van der Waals surface area contributed by atoms with Crippen LogP contribution in [0.25, 0.3) is 0 Å². The van der Waals surface area contributed by atoms with Crippen LogP contribution in [-0.2, 0) is 9.59 Å². The Morgan fingerprint density at radius 2 is 1.85 bits per heavy atom. The first-order valence-corrected chi connectivity index (χ1v) is 7.72. The van der Waals surface area contributed by atoms with Crippen LogP contribution in [-0.4, -0.2) is 11.7 Å². The SMILES string of the molecule is C/C=C/C[C@H](C(N)=O)[C@@H](CC1CCC1)C(=O)C(C)(C)C. The van der Waals surface area contributed by atoms with Gasteiger partial charge in [0.2, 0.25) is 5.91 Å². The van der Waals surface area contributed by atoms with Crippen molar-refractivity contribution < 1.29 is 9.59 Å². The predicted molar refractivity (Wildman–Crippen MR) is 82.0 cm³/mol. The largest absolute Gasteiger partial charge is 0.369 e. The number of Topliss-reactive ketones (excluding diaryl/α,β-unsaturated/α-hetero) is 1. The summed E-state index contributed by atoms with van der Waals surface area (Å²) < 4.78 is 0. The van der Waals surface area contributed by atoms with Crippen LogP contribution in [0.5, 0.6) is 0 Å². The number of rotatable bonds is 7. The van der Waals surface area contributed by atoms with Crippen molar-refractivity contribution >= 4 is 11.7 Å². The molecule has 0 spiro atoms. The first-order chi connectivity index (χ1) is 9.27. The van der Waals surface area contributed by atoms with Crippen molar-refractivity contribution in [2.45, 2.75) is 59.8 Å². The highest BCUT2D eigenvalue weighted by molar-refractivity contribution is 5.91. The van der Waals surface area contributed by atoms with Crippen molar-refractivity contribution in [2.24, 2.45) is 28.9 Å². The number of primary amides is 1. The lowest BCUT2D eigenvalue weighted by Gasteiger charge is -2.34. The van der Waals surface area contributed by atoms with Crippen LogP contribution in [0.1, 0.15) is 59.8 Å². The molecule has 1 rings (SSSR count). The molecule has 0 radical (unpaired) electrons. The summed E-state index contributed by atoms with van der Waals surface area (Å²) in [7, 11) is 0. The highest BCUT2D eigenvalue weighted by Crippen LogP contribution is 2.38. The Kier molecular flexibility index (Phi) is 5.97. The molecule has 0 aromatic carbocycles. The molecule has 1 amide bonds. The Balaban J connectivity index is 2.92. The molecule has 114 valence electrons. The molecule has 0 aliphatic heterocycles. The van der Waals surface area contributed by atoms with E-state index in [1.54, 1.807) is 0 Å². The third kappa shape index (κ3) is 4.46. The molecule has 0 saturated heterocycles. The van der Waals surface area contributed by atoms with E-state index in [0.717, 1.165) is 6.42 Å². The van der Waals surface area contributed by atoms with Crippen LogP contribution in [0.3, 0.4) is 0 Å². The highest BCUT2D eigenvalue weighted by atomic mass is 16.1. The maximum atomic E-state index is 12.7. The molecule has 1 fully saturated rings. The summed E-state index contributed by atoms with van der Waals surface area (Å²) in [6.45, 7) is 7.70. The molecule has 0 aromatic heterocycles. The summed E-state index contributed by atoms with van der Waals surface area (Å²) in [6.07, 6.45) is 8.87. The molecule has 1 saturated carbocycles. The average Bonchev–Trinajstić information content (AvgIpc) is 2.28. The van der Waals surface area contributed by atoms with E-state index in [0.29, 0.717) is 12.3 Å². The Labute approximate surface area is 123 Å². The first kappa shape index (κ1) is 16.9. The van der Waals surface area contributed by atoms with Crippen LogP contribution in [0.2, 0.25) is 0 Å². The smallest absolute Gasteiger partial charge is 0.221 e. The zero-order valence-corrected chi connectivity index (χ0v) is 13.3. The molecule has 2 N–H and O–H groups in total. The van der Waals surface area contributed by atoms with Crippen molar-refractivity contribution in [3.05, 3.63) is 12.2 Å². The highest BCUT2D eigenvalue weighted by Gasteiger charge is 2.39. The molecule has 3 heteroatoms. The molecule has 0 aromatic rings. The zero-order chi connectivity index (χ0) is 15.3. The van der Waals surface area contributed by atoms with Crippen LogP contribution in [0.4, 0.5) is 0 Å². The van der Waals surface area contributed by atoms with Gasteiger partial charge < -0.3 is 5.73 Å². The van der Waals surface area contributed by atoms with Gasteiger partial charge in [-0.05, 0) is 25.7 Å². The number of nitrogens with two attached hydrogens (primary N) is 1. The monoisotopic (exact) mass is 279 g/mol. The lowest BCUT2D eigenvalue weighted by molar-refractivity contribution is -0.138. The molecular weight excluding hydrogens is 250 g/mol. The van der Waals surface area contributed by atoms with E-state index in [4.69, 9.17) is 5.73 Å². The second-order valence-electron chi connectivity index (χ2n) is 7.07. The minimum atomic E-state index is -0.419. The number of carbonyl (C=O) groups excluding carboxylic acids is 2. The third-order valence-corrected chi connectivity index (χ3v) is 4.36. The molecule has 1 aliphatic carbocycles. The van der Waals surface area contributed by atoms with Gasteiger partial charge in [0.25, 0.3) is 0 Å². The standard InChI is InChI=1S/C17H29NO2/c1-5-6-10-13(16(18)20)14(11-12-8-7-9-12)15(19)17(2,3)4/h5-6,12-14H,7-11H2,1-4H3,(H2,18,20)/b6-5+/t13-,14+/m0/s1. The predicted octanol–water partition coefficient (Wildman–Crippen LogP) is 3.48. The van der Waals surface area contributed by atoms with Crippen LogP contribution in [0, 0.1) is 23.2 Å². The number of allylic oxidation sites excluding steroid dienone is 2. The summed E-state index contributed by atoms with van der Waals surface area (Å²) in [5.41, 5.74) is 5.15. The molecule has 1 aliphatic rings. The maximum absolute atomic E-state index is 12.7. The molecule has 0 bridgehead atoms. The molecular formula is C17H29NO2. The van der Waals surface area contributed by atoms with E-state index in [9.17, 15) is 9.59 Å².